The van der Waals surface area contributed by atoms with E-state index in [0.29, 0.717) is 25.1 Å². The van der Waals surface area contributed by atoms with E-state index >= 15 is 0 Å². The van der Waals surface area contributed by atoms with E-state index in [1.807, 2.05) is 35.1 Å². The predicted octanol–water partition coefficient (Wildman–Crippen LogP) is 1.46. The maximum absolute atomic E-state index is 12.9. The molecule has 3 saturated heterocycles. The number of para-hydroxylation sites is 1. The van der Waals surface area contributed by atoms with Crippen molar-refractivity contribution in [3.8, 4) is 5.75 Å². The van der Waals surface area contributed by atoms with Crippen LogP contribution in [-0.2, 0) is 29.2 Å². The molecule has 0 saturated carbocycles. The highest BCUT2D eigenvalue weighted by molar-refractivity contribution is 5.79. The molecular formula is C21H29N5O3. The van der Waals surface area contributed by atoms with Crippen LogP contribution in [0.5, 0.6) is 5.75 Å². The maximum atomic E-state index is 12.9. The minimum atomic E-state index is 0.0505. The van der Waals surface area contributed by atoms with Crippen LogP contribution in [0.4, 0.5) is 0 Å². The second kappa shape index (κ2) is 8.92. The van der Waals surface area contributed by atoms with E-state index in [9.17, 15) is 4.79 Å². The summed E-state index contributed by atoms with van der Waals surface area (Å²) in [6.45, 7) is 3.64. The largest absolute Gasteiger partial charge is 0.496 e. The predicted molar refractivity (Wildman–Crippen MR) is 107 cm³/mol. The monoisotopic (exact) mass is 399 g/mol. The van der Waals surface area contributed by atoms with E-state index in [0.717, 1.165) is 49.5 Å². The van der Waals surface area contributed by atoms with Crippen molar-refractivity contribution in [2.45, 2.75) is 38.6 Å². The van der Waals surface area contributed by atoms with Gasteiger partial charge < -0.3 is 14.8 Å². The molecule has 3 aliphatic heterocycles. The average molecular weight is 399 g/mol. The van der Waals surface area contributed by atoms with Crippen LogP contribution in [0.15, 0.2) is 30.5 Å². The van der Waals surface area contributed by atoms with Gasteiger partial charge in [0.05, 0.1) is 32.4 Å². The molecule has 1 unspecified atom stereocenters. The van der Waals surface area contributed by atoms with Crippen LogP contribution in [0.2, 0.25) is 0 Å². The van der Waals surface area contributed by atoms with Crippen LogP contribution >= 0.6 is 0 Å². The Kier molecular flexibility index (Phi) is 6.10. The van der Waals surface area contributed by atoms with Gasteiger partial charge in [0, 0.05) is 31.8 Å². The second-order valence-corrected chi connectivity index (χ2v) is 7.93. The van der Waals surface area contributed by atoms with Gasteiger partial charge in [-0.15, -0.1) is 5.10 Å². The van der Waals surface area contributed by atoms with Crippen LogP contribution in [-0.4, -0.2) is 59.2 Å². The molecule has 0 spiro atoms. The number of rotatable bonds is 8. The fourth-order valence-electron chi connectivity index (χ4n) is 4.65. The zero-order valence-electron chi connectivity index (χ0n) is 17.1. The summed E-state index contributed by atoms with van der Waals surface area (Å²) < 4.78 is 12.4. The van der Waals surface area contributed by atoms with Crippen LogP contribution in [0.3, 0.4) is 0 Å². The minimum absolute atomic E-state index is 0.0505. The number of nitrogens with zero attached hydrogens (tertiary/aromatic N) is 4. The molecule has 5 rings (SSSR count). The number of carbonyl (C=O) groups is 1. The van der Waals surface area contributed by atoms with Crippen LogP contribution in [0, 0.1) is 11.8 Å². The van der Waals surface area contributed by atoms with Gasteiger partial charge in [0.1, 0.15) is 11.4 Å². The Bertz CT molecular complexity index is 839. The Morgan fingerprint density at radius 3 is 2.93 bits per heavy atom. The number of hydrogen-bond donors (Lipinski definition) is 1. The molecule has 2 aromatic rings. The molecule has 29 heavy (non-hydrogen) atoms. The summed E-state index contributed by atoms with van der Waals surface area (Å²) in [5, 5.41) is 11.5. The normalized spacial score (nSPS) is 25.7. The fraction of sp³-hybridized carbons (Fsp3) is 0.571. The number of nitrogens with one attached hydrogen (secondary N) is 1. The number of piperidine rings is 3. The third-order valence-electron chi connectivity index (χ3n) is 6.14. The molecular weight excluding hydrogens is 370 g/mol. The fourth-order valence-corrected chi connectivity index (χ4v) is 4.65. The van der Waals surface area contributed by atoms with E-state index in [2.05, 4.69) is 20.5 Å². The second-order valence-electron chi connectivity index (χ2n) is 7.93. The minimum Gasteiger partial charge on any atom is -0.496 e. The third-order valence-corrected chi connectivity index (χ3v) is 6.14. The summed E-state index contributed by atoms with van der Waals surface area (Å²) in [7, 11) is 3.31. The first kappa shape index (κ1) is 19.8. The van der Waals surface area contributed by atoms with Crippen molar-refractivity contribution in [3.63, 3.8) is 0 Å². The van der Waals surface area contributed by atoms with Gasteiger partial charge in [0.15, 0.2) is 0 Å². The van der Waals surface area contributed by atoms with Crippen molar-refractivity contribution >= 4 is 5.91 Å². The summed E-state index contributed by atoms with van der Waals surface area (Å²) in [6.07, 6.45) is 4.05. The zero-order chi connectivity index (χ0) is 20.2. The number of ether oxygens (including phenoxy) is 2. The Morgan fingerprint density at radius 2 is 2.17 bits per heavy atom. The maximum Gasteiger partial charge on any atom is 0.224 e. The molecule has 1 aromatic heterocycles. The molecule has 2 bridgehead atoms. The highest BCUT2D eigenvalue weighted by Gasteiger charge is 2.43. The van der Waals surface area contributed by atoms with E-state index in [4.69, 9.17) is 9.47 Å². The summed E-state index contributed by atoms with van der Waals surface area (Å²) in [4.78, 5) is 15.3. The molecule has 156 valence electrons. The Morgan fingerprint density at radius 1 is 1.31 bits per heavy atom. The van der Waals surface area contributed by atoms with Gasteiger partial charge in [-0.05, 0) is 31.4 Å². The lowest BCUT2D eigenvalue weighted by atomic mass is 9.75. The smallest absolute Gasteiger partial charge is 0.224 e. The lowest BCUT2D eigenvalue weighted by Gasteiger charge is -2.49. The molecule has 8 heteroatoms. The number of methoxy groups -OCH3 is 2. The summed E-state index contributed by atoms with van der Waals surface area (Å²) in [6, 6.07) is 8.21. The third kappa shape index (κ3) is 4.43. The van der Waals surface area contributed by atoms with Gasteiger partial charge in [0.25, 0.3) is 0 Å². The SMILES string of the molecule is COCc1cn(C[C@H]2C[C@H]3CCN2C[C@@H]3C(=O)NCc2ccccc2OC)nn1. The van der Waals surface area contributed by atoms with Gasteiger partial charge in [-0.25, -0.2) is 0 Å². The molecule has 1 aromatic carbocycles. The molecule has 1 amide bonds. The topological polar surface area (TPSA) is 81.5 Å². The van der Waals surface area contributed by atoms with Crippen LogP contribution in [0.1, 0.15) is 24.1 Å². The van der Waals surface area contributed by atoms with Gasteiger partial charge >= 0.3 is 0 Å². The number of carbonyl (C=O) groups excluding carboxylic acids is 1. The van der Waals surface area contributed by atoms with Crippen LogP contribution in [0.25, 0.3) is 0 Å². The van der Waals surface area contributed by atoms with Crippen molar-refractivity contribution in [1.29, 1.82) is 0 Å². The number of amides is 1. The molecule has 0 radical (unpaired) electrons. The number of benzene rings is 1. The number of hydrogen-bond acceptors (Lipinski definition) is 6. The van der Waals surface area contributed by atoms with Crippen molar-refractivity contribution in [2.75, 3.05) is 27.3 Å². The van der Waals surface area contributed by atoms with Gasteiger partial charge in [-0.1, -0.05) is 23.4 Å². The van der Waals surface area contributed by atoms with Gasteiger partial charge in [-0.2, -0.15) is 0 Å². The molecule has 4 heterocycles. The molecule has 1 N–H and O–H groups in total. The van der Waals surface area contributed by atoms with Crippen molar-refractivity contribution in [3.05, 3.63) is 41.7 Å². The van der Waals surface area contributed by atoms with E-state index in [1.54, 1.807) is 14.2 Å². The molecule has 0 aliphatic carbocycles. The van der Waals surface area contributed by atoms with Crippen LogP contribution < -0.4 is 10.1 Å². The first-order valence-electron chi connectivity index (χ1n) is 10.2. The molecule has 3 aliphatic rings. The molecule has 8 nitrogen and oxygen atoms in total. The standard InChI is InChI=1S/C21H29N5O3/c1-28-14-17-11-26(24-23-17)12-18-9-15-7-8-25(18)13-19(15)21(27)22-10-16-5-3-4-6-20(16)29-2/h3-6,11,15,18-19H,7-10,12-14H2,1-2H3,(H,22,27)/t15-,18-,19+/m1/s1. The highest BCUT2D eigenvalue weighted by Crippen LogP contribution is 2.37. The highest BCUT2D eigenvalue weighted by atomic mass is 16.5. The Labute approximate surface area is 171 Å². The molecule has 4 atom stereocenters. The van der Waals surface area contributed by atoms with E-state index < -0.39 is 0 Å². The lowest BCUT2D eigenvalue weighted by Crippen LogP contribution is -2.58. The Hall–Kier alpha value is -2.45. The van der Waals surface area contributed by atoms with Gasteiger partial charge in [0.2, 0.25) is 5.91 Å². The average Bonchev–Trinajstić information content (AvgIpc) is 3.19. The van der Waals surface area contributed by atoms with Crippen molar-refractivity contribution < 1.29 is 14.3 Å². The van der Waals surface area contributed by atoms with E-state index in [-0.39, 0.29) is 11.8 Å². The quantitative estimate of drug-likeness (QED) is 0.724. The molecule has 3 fully saturated rings. The van der Waals surface area contributed by atoms with E-state index in [1.165, 1.54) is 0 Å². The number of aromatic nitrogens is 3. The summed E-state index contributed by atoms with van der Waals surface area (Å²) >= 11 is 0. The van der Waals surface area contributed by atoms with Crippen molar-refractivity contribution in [1.82, 2.24) is 25.2 Å². The van der Waals surface area contributed by atoms with Gasteiger partial charge in [-0.3, -0.25) is 14.4 Å². The lowest BCUT2D eigenvalue weighted by molar-refractivity contribution is -0.133. The Balaban J connectivity index is 1.33. The summed E-state index contributed by atoms with van der Waals surface area (Å²) in [5.41, 5.74) is 1.85. The zero-order valence-corrected chi connectivity index (χ0v) is 17.1. The first-order valence-corrected chi connectivity index (χ1v) is 10.2. The van der Waals surface area contributed by atoms with Crippen molar-refractivity contribution in [2.24, 2.45) is 11.8 Å². The first-order chi connectivity index (χ1) is 14.2. The number of fused-ring (bicyclic) bond motifs is 3. The summed E-state index contributed by atoms with van der Waals surface area (Å²) in [5.74, 6) is 1.42.